The van der Waals surface area contributed by atoms with Crippen LogP contribution in [0.2, 0.25) is 0 Å². The molecule has 4 aromatic rings. The summed E-state index contributed by atoms with van der Waals surface area (Å²) in [5.74, 6) is -0.150. The predicted molar refractivity (Wildman–Crippen MR) is 113 cm³/mol. The maximum atomic E-state index is 13.0. The lowest BCUT2D eigenvalue weighted by Crippen LogP contribution is -2.16. The third-order valence-electron chi connectivity index (χ3n) is 5.03. The van der Waals surface area contributed by atoms with Gasteiger partial charge in [0.05, 0.1) is 11.3 Å². The second kappa shape index (κ2) is 8.26. The first kappa shape index (κ1) is 20.7. The van der Waals surface area contributed by atoms with Crippen LogP contribution in [0.3, 0.4) is 0 Å². The zero-order valence-corrected chi connectivity index (χ0v) is 16.8. The molecule has 1 N–H and O–H groups in total. The predicted octanol–water partition coefficient (Wildman–Crippen LogP) is 5.70. The third-order valence-corrected chi connectivity index (χ3v) is 5.03. The van der Waals surface area contributed by atoms with Crippen molar-refractivity contribution in [3.05, 3.63) is 101 Å². The molecule has 0 radical (unpaired) electrons. The maximum Gasteiger partial charge on any atom is 0.416 e. The number of fused-ring (bicyclic) bond motifs is 1. The number of nitrogens with one attached hydrogen (secondary N) is 1. The lowest BCUT2D eigenvalue weighted by molar-refractivity contribution is -0.137. The average molecular weight is 423 g/mol. The number of alkyl halides is 3. The summed E-state index contributed by atoms with van der Waals surface area (Å²) in [7, 11) is 0. The second-order valence-corrected chi connectivity index (χ2v) is 7.36. The molecule has 4 rings (SSSR count). The summed E-state index contributed by atoms with van der Waals surface area (Å²) in [4.78, 5) is 17.5. The zero-order valence-electron chi connectivity index (χ0n) is 16.8. The molecule has 0 spiro atoms. The first-order valence-electron chi connectivity index (χ1n) is 9.81. The van der Waals surface area contributed by atoms with Crippen LogP contribution in [0.4, 0.5) is 19.0 Å². The number of aromatic nitrogens is 2. The van der Waals surface area contributed by atoms with Gasteiger partial charge in [-0.1, -0.05) is 36.4 Å². The van der Waals surface area contributed by atoms with E-state index in [1.807, 2.05) is 49.4 Å². The van der Waals surface area contributed by atoms with Gasteiger partial charge in [-0.2, -0.15) is 13.2 Å². The van der Waals surface area contributed by atoms with E-state index < -0.39 is 17.6 Å². The first-order chi connectivity index (χ1) is 14.8. The zero-order chi connectivity index (χ0) is 22.0. The summed E-state index contributed by atoms with van der Waals surface area (Å²) < 4.78 is 40.9. The van der Waals surface area contributed by atoms with Gasteiger partial charge in [0.2, 0.25) is 0 Å². The number of nitrogens with zero attached hydrogens (tertiary/aromatic N) is 2. The highest BCUT2D eigenvalue weighted by Gasteiger charge is 2.31. The van der Waals surface area contributed by atoms with Gasteiger partial charge in [0.1, 0.15) is 11.5 Å². The SMILES string of the molecule is Cc1ccn2c(NC(=O)c3cccc(C(F)(F)F)c3)c(CCc3ccccc3)nc2c1. The smallest absolute Gasteiger partial charge is 0.306 e. The molecule has 2 aromatic heterocycles. The number of carbonyl (C=O) groups excluding carboxylic acids is 1. The number of aryl methyl sites for hydroxylation is 3. The monoisotopic (exact) mass is 423 g/mol. The fourth-order valence-electron chi connectivity index (χ4n) is 3.43. The molecule has 0 aliphatic heterocycles. The molecule has 0 atom stereocenters. The molecule has 0 saturated carbocycles. The summed E-state index contributed by atoms with van der Waals surface area (Å²) >= 11 is 0. The van der Waals surface area contributed by atoms with Gasteiger partial charge in [-0.25, -0.2) is 4.98 Å². The summed E-state index contributed by atoms with van der Waals surface area (Å²) in [6.07, 6.45) is -1.43. The van der Waals surface area contributed by atoms with Crippen LogP contribution in [-0.2, 0) is 19.0 Å². The van der Waals surface area contributed by atoms with E-state index in [2.05, 4.69) is 10.3 Å². The van der Waals surface area contributed by atoms with Gasteiger partial charge in [-0.15, -0.1) is 0 Å². The van der Waals surface area contributed by atoms with Gasteiger partial charge in [0, 0.05) is 11.8 Å². The highest BCUT2D eigenvalue weighted by Crippen LogP contribution is 2.30. The van der Waals surface area contributed by atoms with E-state index in [1.165, 1.54) is 12.1 Å². The highest BCUT2D eigenvalue weighted by atomic mass is 19.4. The molecular weight excluding hydrogens is 403 g/mol. The number of hydrogen-bond donors (Lipinski definition) is 1. The number of rotatable bonds is 5. The molecule has 2 aromatic carbocycles. The van der Waals surface area contributed by atoms with E-state index in [9.17, 15) is 18.0 Å². The number of amides is 1. The third kappa shape index (κ3) is 4.60. The molecule has 0 saturated heterocycles. The lowest BCUT2D eigenvalue weighted by atomic mass is 10.1. The van der Waals surface area contributed by atoms with E-state index in [0.29, 0.717) is 23.6 Å². The topological polar surface area (TPSA) is 46.4 Å². The standard InChI is InChI=1S/C24H20F3N3O/c1-16-12-13-30-21(14-16)28-20(11-10-17-6-3-2-4-7-17)22(30)29-23(31)18-8-5-9-19(15-18)24(25,26)27/h2-9,12-15H,10-11H2,1H3,(H,29,31). The Bertz CT molecular complexity index is 1230. The minimum atomic E-state index is -4.52. The summed E-state index contributed by atoms with van der Waals surface area (Å²) in [6, 6.07) is 18.1. The van der Waals surface area contributed by atoms with Gasteiger partial charge in [-0.3, -0.25) is 9.20 Å². The van der Waals surface area contributed by atoms with E-state index in [-0.39, 0.29) is 5.56 Å². The molecular formula is C24H20F3N3O. The molecule has 31 heavy (non-hydrogen) atoms. The summed E-state index contributed by atoms with van der Waals surface area (Å²) in [5.41, 5.74) is 2.56. The molecule has 0 aliphatic rings. The van der Waals surface area contributed by atoms with Crippen molar-refractivity contribution in [1.29, 1.82) is 0 Å². The number of carbonyl (C=O) groups is 1. The van der Waals surface area contributed by atoms with E-state index >= 15 is 0 Å². The molecule has 0 bridgehead atoms. The van der Waals surface area contributed by atoms with Crippen LogP contribution in [0.1, 0.15) is 32.7 Å². The first-order valence-corrected chi connectivity index (χ1v) is 9.81. The normalized spacial score (nSPS) is 11.6. The number of anilines is 1. The average Bonchev–Trinajstić information content (AvgIpc) is 3.08. The highest BCUT2D eigenvalue weighted by molar-refractivity contribution is 6.04. The van der Waals surface area contributed by atoms with E-state index in [1.54, 1.807) is 10.6 Å². The molecule has 2 heterocycles. The van der Waals surface area contributed by atoms with E-state index in [0.717, 1.165) is 29.7 Å². The fraction of sp³-hybridized carbons (Fsp3) is 0.167. The fourth-order valence-corrected chi connectivity index (χ4v) is 3.43. The minimum Gasteiger partial charge on any atom is -0.306 e. The Morgan fingerprint density at radius 3 is 2.52 bits per heavy atom. The molecule has 1 amide bonds. The van der Waals surface area contributed by atoms with Gasteiger partial charge in [-0.05, 0) is 61.2 Å². The molecule has 4 nitrogen and oxygen atoms in total. The van der Waals surface area contributed by atoms with Crippen molar-refractivity contribution in [3.8, 4) is 0 Å². The van der Waals surface area contributed by atoms with Crippen molar-refractivity contribution < 1.29 is 18.0 Å². The summed E-state index contributed by atoms with van der Waals surface area (Å²) in [6.45, 7) is 1.94. The minimum absolute atomic E-state index is 0.0640. The molecule has 0 aliphatic carbocycles. The van der Waals surface area contributed by atoms with Gasteiger partial charge in [0.25, 0.3) is 5.91 Å². The Hall–Kier alpha value is -3.61. The Morgan fingerprint density at radius 1 is 1.00 bits per heavy atom. The second-order valence-electron chi connectivity index (χ2n) is 7.36. The van der Waals surface area contributed by atoms with E-state index in [4.69, 9.17) is 0 Å². The Morgan fingerprint density at radius 2 is 1.77 bits per heavy atom. The van der Waals surface area contributed by atoms with Gasteiger partial charge >= 0.3 is 6.18 Å². The largest absolute Gasteiger partial charge is 0.416 e. The van der Waals surface area contributed by atoms with Crippen molar-refractivity contribution in [1.82, 2.24) is 9.38 Å². The Labute approximate surface area is 177 Å². The van der Waals surface area contributed by atoms with Crippen molar-refractivity contribution in [2.75, 3.05) is 5.32 Å². The van der Waals surface area contributed by atoms with Crippen LogP contribution in [0.15, 0.2) is 72.9 Å². The maximum absolute atomic E-state index is 13.0. The number of hydrogen-bond acceptors (Lipinski definition) is 2. The Balaban J connectivity index is 1.66. The van der Waals surface area contributed by atoms with Crippen LogP contribution in [-0.4, -0.2) is 15.3 Å². The van der Waals surface area contributed by atoms with Crippen LogP contribution in [0.5, 0.6) is 0 Å². The van der Waals surface area contributed by atoms with Crippen molar-refractivity contribution >= 4 is 17.4 Å². The molecule has 7 heteroatoms. The quantitative estimate of drug-likeness (QED) is 0.448. The number of benzene rings is 2. The van der Waals surface area contributed by atoms with Gasteiger partial charge in [0.15, 0.2) is 0 Å². The number of imidazole rings is 1. The van der Waals surface area contributed by atoms with Crippen molar-refractivity contribution in [3.63, 3.8) is 0 Å². The summed E-state index contributed by atoms with van der Waals surface area (Å²) in [5, 5.41) is 2.78. The molecule has 0 unspecified atom stereocenters. The van der Waals surface area contributed by atoms with Crippen LogP contribution < -0.4 is 5.32 Å². The molecule has 158 valence electrons. The van der Waals surface area contributed by atoms with Gasteiger partial charge < -0.3 is 5.32 Å². The van der Waals surface area contributed by atoms with Crippen LogP contribution >= 0.6 is 0 Å². The van der Waals surface area contributed by atoms with Crippen LogP contribution in [0.25, 0.3) is 5.65 Å². The lowest BCUT2D eigenvalue weighted by Gasteiger charge is -2.10. The number of pyridine rings is 1. The number of halogens is 3. The van der Waals surface area contributed by atoms with Crippen LogP contribution in [0, 0.1) is 6.92 Å². The molecule has 0 fully saturated rings. The van der Waals surface area contributed by atoms with Crippen molar-refractivity contribution in [2.24, 2.45) is 0 Å². The Kier molecular flexibility index (Phi) is 5.50. The van der Waals surface area contributed by atoms with Crippen molar-refractivity contribution in [2.45, 2.75) is 25.9 Å².